The van der Waals surface area contributed by atoms with E-state index in [4.69, 9.17) is 4.74 Å². The Hall–Kier alpha value is -0.840. The lowest BCUT2D eigenvalue weighted by Gasteiger charge is -2.34. The number of ether oxygens (including phenoxy) is 1. The molecule has 1 aliphatic heterocycles. The molecule has 0 amide bonds. The van der Waals surface area contributed by atoms with E-state index in [1.54, 1.807) is 0 Å². The van der Waals surface area contributed by atoms with Crippen LogP contribution in [0.5, 0.6) is 5.75 Å². The summed E-state index contributed by atoms with van der Waals surface area (Å²) in [6.07, 6.45) is 1.02. The fourth-order valence-corrected chi connectivity index (χ4v) is 2.58. The quantitative estimate of drug-likeness (QED) is 0.922. The van der Waals surface area contributed by atoms with Crippen molar-refractivity contribution in [3.8, 4) is 5.75 Å². The number of nitrogens with zero attached hydrogens (tertiary/aromatic N) is 1. The molecule has 0 aromatic heterocycles. The third-order valence-electron chi connectivity index (χ3n) is 3.54. The van der Waals surface area contributed by atoms with Crippen molar-refractivity contribution in [3.63, 3.8) is 0 Å². The molecule has 1 fully saturated rings. The number of hydrogen-bond donors (Lipinski definition) is 1. The van der Waals surface area contributed by atoms with Gasteiger partial charge < -0.3 is 10.1 Å². The average Bonchev–Trinajstić information content (AvgIpc) is 2.42. The SMILES string of the molecule is CC[C@H](c1ccc(F)c(OC)c1)N1CCNCC1.Cl. The Morgan fingerprint density at radius 2 is 2.05 bits per heavy atom. The molecule has 1 aliphatic rings. The second-order valence-electron chi connectivity index (χ2n) is 4.60. The van der Waals surface area contributed by atoms with E-state index in [1.165, 1.54) is 13.2 Å². The fourth-order valence-electron chi connectivity index (χ4n) is 2.58. The molecule has 0 saturated carbocycles. The van der Waals surface area contributed by atoms with Crippen LogP contribution in [-0.4, -0.2) is 38.2 Å². The molecule has 0 unspecified atom stereocenters. The molecule has 1 aromatic carbocycles. The molecule has 1 heterocycles. The van der Waals surface area contributed by atoms with Gasteiger partial charge in [-0.15, -0.1) is 12.4 Å². The molecule has 0 spiro atoms. The zero-order valence-electron chi connectivity index (χ0n) is 11.5. The van der Waals surface area contributed by atoms with Crippen molar-refractivity contribution in [2.75, 3.05) is 33.3 Å². The summed E-state index contributed by atoms with van der Waals surface area (Å²) in [5.41, 5.74) is 1.14. The van der Waals surface area contributed by atoms with Crippen molar-refractivity contribution in [3.05, 3.63) is 29.6 Å². The summed E-state index contributed by atoms with van der Waals surface area (Å²) >= 11 is 0. The Morgan fingerprint density at radius 3 is 2.63 bits per heavy atom. The zero-order chi connectivity index (χ0) is 13.0. The molecular formula is C14H22ClFN2O. The van der Waals surface area contributed by atoms with Gasteiger partial charge in [-0.1, -0.05) is 13.0 Å². The minimum absolute atomic E-state index is 0. The number of hydrogen-bond acceptors (Lipinski definition) is 3. The van der Waals surface area contributed by atoms with Crippen LogP contribution in [0.4, 0.5) is 4.39 Å². The molecular weight excluding hydrogens is 267 g/mol. The Labute approximate surface area is 120 Å². The maximum atomic E-state index is 13.4. The monoisotopic (exact) mass is 288 g/mol. The van der Waals surface area contributed by atoms with Crippen molar-refractivity contribution in [1.29, 1.82) is 0 Å². The highest BCUT2D eigenvalue weighted by atomic mass is 35.5. The summed E-state index contributed by atoms with van der Waals surface area (Å²) in [7, 11) is 1.51. The van der Waals surface area contributed by atoms with Crippen molar-refractivity contribution in [2.45, 2.75) is 19.4 Å². The van der Waals surface area contributed by atoms with Crippen molar-refractivity contribution >= 4 is 12.4 Å². The molecule has 1 aromatic rings. The normalized spacial score (nSPS) is 17.6. The highest BCUT2D eigenvalue weighted by Gasteiger charge is 2.21. The minimum Gasteiger partial charge on any atom is -0.494 e. The van der Waals surface area contributed by atoms with Crippen LogP contribution in [0, 0.1) is 5.82 Å². The number of halogens is 2. The Bertz CT molecular complexity index is 397. The van der Waals surface area contributed by atoms with E-state index in [0.29, 0.717) is 11.8 Å². The van der Waals surface area contributed by atoms with E-state index in [0.717, 1.165) is 38.2 Å². The van der Waals surface area contributed by atoms with E-state index in [2.05, 4.69) is 17.1 Å². The summed E-state index contributed by atoms with van der Waals surface area (Å²) in [5, 5.41) is 3.35. The first-order chi connectivity index (χ1) is 8.76. The summed E-state index contributed by atoms with van der Waals surface area (Å²) in [5.74, 6) is 0.0394. The molecule has 0 radical (unpaired) electrons. The third-order valence-corrected chi connectivity index (χ3v) is 3.54. The molecule has 5 heteroatoms. The van der Waals surface area contributed by atoms with Gasteiger partial charge in [0.05, 0.1) is 7.11 Å². The Morgan fingerprint density at radius 1 is 1.37 bits per heavy atom. The lowest BCUT2D eigenvalue weighted by molar-refractivity contribution is 0.169. The molecule has 0 bridgehead atoms. The van der Waals surface area contributed by atoms with Crippen molar-refractivity contribution < 1.29 is 9.13 Å². The van der Waals surface area contributed by atoms with Crippen molar-refractivity contribution in [1.82, 2.24) is 10.2 Å². The first kappa shape index (κ1) is 16.2. The van der Waals surface area contributed by atoms with E-state index >= 15 is 0 Å². The summed E-state index contributed by atoms with van der Waals surface area (Å²) in [4.78, 5) is 2.45. The van der Waals surface area contributed by atoms with Gasteiger partial charge in [0.15, 0.2) is 11.6 Å². The minimum atomic E-state index is -0.295. The van der Waals surface area contributed by atoms with Gasteiger partial charge in [-0.25, -0.2) is 4.39 Å². The van der Waals surface area contributed by atoms with Crippen LogP contribution < -0.4 is 10.1 Å². The number of benzene rings is 1. The van der Waals surface area contributed by atoms with Crippen LogP contribution in [0.25, 0.3) is 0 Å². The highest BCUT2D eigenvalue weighted by molar-refractivity contribution is 5.85. The van der Waals surface area contributed by atoms with Gasteiger partial charge in [-0.05, 0) is 24.1 Å². The van der Waals surface area contributed by atoms with E-state index < -0.39 is 0 Å². The smallest absolute Gasteiger partial charge is 0.165 e. The lowest BCUT2D eigenvalue weighted by Crippen LogP contribution is -2.45. The molecule has 1 saturated heterocycles. The predicted molar refractivity (Wildman–Crippen MR) is 77.7 cm³/mol. The predicted octanol–water partition coefficient (Wildman–Crippen LogP) is 2.61. The van der Waals surface area contributed by atoms with Crippen LogP contribution in [0.1, 0.15) is 24.9 Å². The second kappa shape index (κ2) is 7.68. The lowest BCUT2D eigenvalue weighted by atomic mass is 10.0. The maximum absolute atomic E-state index is 13.4. The van der Waals surface area contributed by atoms with Crippen LogP contribution in [0.15, 0.2) is 18.2 Å². The summed E-state index contributed by atoms with van der Waals surface area (Å²) in [6.45, 7) is 6.29. The first-order valence-electron chi connectivity index (χ1n) is 6.54. The molecule has 108 valence electrons. The largest absolute Gasteiger partial charge is 0.494 e. The van der Waals surface area contributed by atoms with E-state index in [9.17, 15) is 4.39 Å². The van der Waals surface area contributed by atoms with Crippen LogP contribution in [0.3, 0.4) is 0 Å². The van der Waals surface area contributed by atoms with Crippen LogP contribution in [-0.2, 0) is 0 Å². The zero-order valence-corrected chi connectivity index (χ0v) is 12.3. The molecule has 3 nitrogen and oxygen atoms in total. The Balaban J connectivity index is 0.00000180. The molecule has 0 aliphatic carbocycles. The van der Waals surface area contributed by atoms with Gasteiger partial charge in [-0.2, -0.15) is 0 Å². The fraction of sp³-hybridized carbons (Fsp3) is 0.571. The number of methoxy groups -OCH3 is 1. The first-order valence-corrected chi connectivity index (χ1v) is 6.54. The van der Waals surface area contributed by atoms with Gasteiger partial charge in [0.25, 0.3) is 0 Å². The van der Waals surface area contributed by atoms with Crippen LogP contribution in [0.2, 0.25) is 0 Å². The van der Waals surface area contributed by atoms with Gasteiger partial charge in [0.2, 0.25) is 0 Å². The van der Waals surface area contributed by atoms with Gasteiger partial charge in [0, 0.05) is 32.2 Å². The highest BCUT2D eigenvalue weighted by Crippen LogP contribution is 2.28. The molecule has 1 atom stereocenters. The van der Waals surface area contributed by atoms with Gasteiger partial charge >= 0.3 is 0 Å². The number of nitrogens with one attached hydrogen (secondary N) is 1. The molecule has 19 heavy (non-hydrogen) atoms. The topological polar surface area (TPSA) is 24.5 Å². The average molecular weight is 289 g/mol. The van der Waals surface area contributed by atoms with Crippen LogP contribution >= 0.6 is 12.4 Å². The van der Waals surface area contributed by atoms with Gasteiger partial charge in [-0.3, -0.25) is 4.90 Å². The third kappa shape index (κ3) is 3.81. The molecule has 2 rings (SSSR count). The van der Waals surface area contributed by atoms with Crippen molar-refractivity contribution in [2.24, 2.45) is 0 Å². The Kier molecular flexibility index (Phi) is 6.55. The van der Waals surface area contributed by atoms with Gasteiger partial charge in [0.1, 0.15) is 0 Å². The summed E-state index contributed by atoms with van der Waals surface area (Å²) in [6, 6.07) is 5.54. The standard InChI is InChI=1S/C14H21FN2O.ClH/c1-3-13(17-8-6-16-7-9-17)11-4-5-12(15)14(10-11)18-2;/h4-5,10,13,16H,3,6-9H2,1-2H3;1H/t13-;/m1./s1. The number of rotatable bonds is 4. The number of piperazine rings is 1. The van der Waals surface area contributed by atoms with E-state index in [1.807, 2.05) is 12.1 Å². The maximum Gasteiger partial charge on any atom is 0.165 e. The molecule has 1 N–H and O–H groups in total. The van der Waals surface area contributed by atoms with E-state index in [-0.39, 0.29) is 18.2 Å². The summed E-state index contributed by atoms with van der Waals surface area (Å²) < 4.78 is 18.5. The second-order valence-corrected chi connectivity index (χ2v) is 4.60.